The van der Waals surface area contributed by atoms with Gasteiger partial charge < -0.3 is 10.1 Å². The Bertz CT molecular complexity index is 1150. The Labute approximate surface area is 164 Å². The van der Waals surface area contributed by atoms with Gasteiger partial charge in [0.05, 0.1) is 5.56 Å². The molecule has 7 heteroatoms. The van der Waals surface area contributed by atoms with Crippen LogP contribution in [0.25, 0.3) is 0 Å². The number of cyclic esters (lactones) is 1. The van der Waals surface area contributed by atoms with E-state index in [-0.39, 0.29) is 11.1 Å². The third-order valence-corrected chi connectivity index (χ3v) is 4.43. The molecule has 1 aromatic heterocycles. The number of nitrogens with zero attached hydrogens (tertiary/aromatic N) is 1. The molecular formula is C22H13F3N2O2. The number of carbonyl (C=O) groups excluding carboxylic acids is 1. The van der Waals surface area contributed by atoms with E-state index in [4.69, 9.17) is 4.74 Å². The van der Waals surface area contributed by atoms with Gasteiger partial charge in [0.1, 0.15) is 11.9 Å². The second-order valence-electron chi connectivity index (χ2n) is 6.33. The van der Waals surface area contributed by atoms with Crippen molar-refractivity contribution in [1.82, 2.24) is 10.3 Å². The van der Waals surface area contributed by atoms with E-state index in [2.05, 4.69) is 22.1 Å². The van der Waals surface area contributed by atoms with E-state index in [0.717, 1.165) is 6.07 Å². The number of carbonyl (C=O) groups is 1. The summed E-state index contributed by atoms with van der Waals surface area (Å²) in [5.74, 6) is 2.98. The van der Waals surface area contributed by atoms with Gasteiger partial charge in [0.15, 0.2) is 17.7 Å². The maximum Gasteiger partial charge on any atom is 0.408 e. The Morgan fingerprint density at radius 3 is 2.59 bits per heavy atom. The molecule has 2 heterocycles. The molecule has 1 saturated heterocycles. The molecule has 1 N–H and O–H groups in total. The fourth-order valence-corrected chi connectivity index (χ4v) is 3.06. The molecule has 0 saturated carbocycles. The predicted molar refractivity (Wildman–Crippen MR) is 98.1 cm³/mol. The molecule has 29 heavy (non-hydrogen) atoms. The van der Waals surface area contributed by atoms with Gasteiger partial charge in [0, 0.05) is 23.5 Å². The average molecular weight is 394 g/mol. The van der Waals surface area contributed by atoms with Crippen LogP contribution in [0.3, 0.4) is 0 Å². The number of benzene rings is 2. The van der Waals surface area contributed by atoms with Crippen LogP contribution in [0.2, 0.25) is 0 Å². The lowest BCUT2D eigenvalue weighted by Gasteiger charge is -2.18. The normalized spacial score (nSPS) is 17.8. The fraction of sp³-hybridized carbons (Fsp3) is 0.0909. The first kappa shape index (κ1) is 18.6. The van der Waals surface area contributed by atoms with E-state index >= 15 is 0 Å². The molecule has 2 atom stereocenters. The number of hydrogen-bond donors (Lipinski definition) is 1. The Morgan fingerprint density at radius 2 is 1.76 bits per heavy atom. The molecule has 4 rings (SSSR count). The lowest BCUT2D eigenvalue weighted by Crippen LogP contribution is -2.20. The standard InChI is InChI=1S/C22H13F3N2O2/c23-17-6-2-1-4-14(17)9-8-13-10-15(12-26-11-13)20-21(29-22(28)27-20)16-5-3-7-18(24)19(16)25/h1-7,10-12,20-21H,(H,27,28). The van der Waals surface area contributed by atoms with Crippen molar-refractivity contribution in [3.8, 4) is 11.8 Å². The number of pyridine rings is 1. The van der Waals surface area contributed by atoms with Gasteiger partial charge in [-0.15, -0.1) is 0 Å². The summed E-state index contributed by atoms with van der Waals surface area (Å²) in [4.78, 5) is 15.9. The van der Waals surface area contributed by atoms with Crippen molar-refractivity contribution in [3.05, 3.63) is 101 Å². The predicted octanol–water partition coefficient (Wildman–Crippen LogP) is 4.42. The maximum atomic E-state index is 14.2. The minimum absolute atomic E-state index is 0.0869. The highest BCUT2D eigenvalue weighted by Crippen LogP contribution is 2.38. The largest absolute Gasteiger partial charge is 0.439 e. The van der Waals surface area contributed by atoms with Crippen LogP contribution < -0.4 is 5.32 Å². The van der Waals surface area contributed by atoms with E-state index in [9.17, 15) is 18.0 Å². The second kappa shape index (κ2) is 7.68. The number of hydrogen-bond acceptors (Lipinski definition) is 3. The highest BCUT2D eigenvalue weighted by Gasteiger charge is 2.38. The highest BCUT2D eigenvalue weighted by atomic mass is 19.2. The molecule has 4 nitrogen and oxygen atoms in total. The molecule has 0 spiro atoms. The summed E-state index contributed by atoms with van der Waals surface area (Å²) < 4.78 is 46.7. The van der Waals surface area contributed by atoms with Crippen molar-refractivity contribution in [2.24, 2.45) is 0 Å². The molecule has 0 aliphatic carbocycles. The van der Waals surface area contributed by atoms with E-state index in [1.165, 1.54) is 30.6 Å². The number of aromatic nitrogens is 1. The van der Waals surface area contributed by atoms with Crippen LogP contribution >= 0.6 is 0 Å². The number of amides is 1. The summed E-state index contributed by atoms with van der Waals surface area (Å²) in [6, 6.07) is 10.6. The molecule has 0 bridgehead atoms. The molecule has 2 unspecified atom stereocenters. The third kappa shape index (κ3) is 3.78. The second-order valence-corrected chi connectivity index (χ2v) is 6.33. The van der Waals surface area contributed by atoms with Crippen LogP contribution in [0, 0.1) is 29.3 Å². The van der Waals surface area contributed by atoms with Crippen LogP contribution in [-0.2, 0) is 4.74 Å². The van der Waals surface area contributed by atoms with Crippen LogP contribution in [0.4, 0.5) is 18.0 Å². The molecule has 1 aliphatic rings. The topological polar surface area (TPSA) is 51.2 Å². The van der Waals surface area contributed by atoms with E-state index in [0.29, 0.717) is 11.1 Å². The lowest BCUT2D eigenvalue weighted by molar-refractivity contribution is 0.129. The molecule has 3 aromatic rings. The van der Waals surface area contributed by atoms with Crippen molar-refractivity contribution in [2.45, 2.75) is 12.1 Å². The smallest absolute Gasteiger partial charge is 0.408 e. The van der Waals surface area contributed by atoms with Gasteiger partial charge in [0.2, 0.25) is 0 Å². The Balaban J connectivity index is 1.67. The minimum Gasteiger partial charge on any atom is -0.439 e. The summed E-state index contributed by atoms with van der Waals surface area (Å²) in [6.07, 6.45) is 1.12. The number of nitrogens with one attached hydrogen (secondary N) is 1. The SMILES string of the molecule is O=C1NC(c2cncc(C#Cc3ccccc3F)c2)C(c2cccc(F)c2F)O1. The first-order valence-electron chi connectivity index (χ1n) is 8.65. The van der Waals surface area contributed by atoms with Crippen LogP contribution in [0.1, 0.15) is 34.4 Å². The Morgan fingerprint density at radius 1 is 0.966 bits per heavy atom. The first-order valence-corrected chi connectivity index (χ1v) is 8.65. The van der Waals surface area contributed by atoms with Crippen molar-refractivity contribution in [3.63, 3.8) is 0 Å². The van der Waals surface area contributed by atoms with Gasteiger partial charge in [-0.05, 0) is 29.8 Å². The molecule has 2 aromatic carbocycles. The van der Waals surface area contributed by atoms with Crippen LogP contribution in [0.5, 0.6) is 0 Å². The molecule has 1 fully saturated rings. The Kier molecular flexibility index (Phi) is 4.92. The zero-order valence-corrected chi connectivity index (χ0v) is 14.8. The van der Waals surface area contributed by atoms with Gasteiger partial charge in [-0.3, -0.25) is 4.98 Å². The molecule has 1 aliphatic heterocycles. The number of alkyl carbamates (subject to hydrolysis) is 1. The van der Waals surface area contributed by atoms with Gasteiger partial charge in [-0.25, -0.2) is 18.0 Å². The quantitative estimate of drug-likeness (QED) is 0.655. The summed E-state index contributed by atoms with van der Waals surface area (Å²) in [5.41, 5.74) is 1.10. The monoisotopic (exact) mass is 394 g/mol. The van der Waals surface area contributed by atoms with Crippen LogP contribution in [0.15, 0.2) is 60.9 Å². The summed E-state index contributed by atoms with van der Waals surface area (Å²) >= 11 is 0. The Hall–Kier alpha value is -3.79. The molecule has 0 radical (unpaired) electrons. The fourth-order valence-electron chi connectivity index (χ4n) is 3.06. The number of ether oxygens (including phenoxy) is 1. The van der Waals surface area contributed by atoms with Crippen LogP contribution in [-0.4, -0.2) is 11.1 Å². The molecular weight excluding hydrogens is 381 g/mol. The van der Waals surface area contributed by atoms with E-state index < -0.39 is 35.7 Å². The zero-order valence-electron chi connectivity index (χ0n) is 14.8. The van der Waals surface area contributed by atoms with E-state index in [1.807, 2.05) is 0 Å². The highest BCUT2D eigenvalue weighted by molar-refractivity contribution is 5.71. The summed E-state index contributed by atoms with van der Waals surface area (Å²) in [7, 11) is 0. The minimum atomic E-state index is -1.08. The zero-order chi connectivity index (χ0) is 20.4. The van der Waals surface area contributed by atoms with Gasteiger partial charge in [-0.2, -0.15) is 0 Å². The first-order chi connectivity index (χ1) is 14.0. The third-order valence-electron chi connectivity index (χ3n) is 4.43. The summed E-state index contributed by atoms with van der Waals surface area (Å²) in [6.45, 7) is 0. The molecule has 1 amide bonds. The molecule has 144 valence electrons. The van der Waals surface area contributed by atoms with Crippen molar-refractivity contribution < 1.29 is 22.7 Å². The van der Waals surface area contributed by atoms with Gasteiger partial charge in [-0.1, -0.05) is 36.1 Å². The van der Waals surface area contributed by atoms with Crippen molar-refractivity contribution >= 4 is 6.09 Å². The maximum absolute atomic E-state index is 14.2. The van der Waals surface area contributed by atoms with E-state index in [1.54, 1.807) is 24.3 Å². The number of rotatable bonds is 2. The average Bonchev–Trinajstić information content (AvgIpc) is 3.11. The van der Waals surface area contributed by atoms with Gasteiger partial charge >= 0.3 is 6.09 Å². The van der Waals surface area contributed by atoms with Gasteiger partial charge in [0.25, 0.3) is 0 Å². The lowest BCUT2D eigenvalue weighted by atomic mass is 9.96. The van der Waals surface area contributed by atoms with Crippen molar-refractivity contribution in [2.75, 3.05) is 0 Å². The summed E-state index contributed by atoms with van der Waals surface area (Å²) in [5, 5.41) is 2.58. The van der Waals surface area contributed by atoms with Crippen molar-refractivity contribution in [1.29, 1.82) is 0 Å². The number of halogens is 3.